The maximum atomic E-state index is 4.72. The van der Waals surface area contributed by atoms with Crippen LogP contribution in [0.2, 0.25) is 0 Å². The molecule has 510 valence electrons. The summed E-state index contributed by atoms with van der Waals surface area (Å²) in [6.07, 6.45) is 6.64. The summed E-state index contributed by atoms with van der Waals surface area (Å²) >= 11 is 0. The molecule has 6 rings (SSSR count). The summed E-state index contributed by atoms with van der Waals surface area (Å²) in [6, 6.07) is 0. The molecule has 0 amide bonds. The molecule has 0 aliphatic carbocycles. The van der Waals surface area contributed by atoms with E-state index < -0.39 is 0 Å². The Hall–Kier alpha value is -5.03. The molecule has 0 saturated heterocycles. The Morgan fingerprint density at radius 1 is 0.154 bits per heavy atom. The minimum Gasteiger partial charge on any atom is -0.258 e. The number of benzene rings is 1. The summed E-state index contributed by atoms with van der Waals surface area (Å²) in [5.41, 5.74) is 43.8. The lowest BCUT2D eigenvalue weighted by atomic mass is 9.81. The van der Waals surface area contributed by atoms with E-state index in [9.17, 15) is 0 Å². The third-order valence-corrected chi connectivity index (χ3v) is 19.2. The smallest absolute Gasteiger partial charge is 0.0444 e. The summed E-state index contributed by atoms with van der Waals surface area (Å²) < 4.78 is 0. The highest BCUT2D eigenvalue weighted by Gasteiger charge is 2.23. The zero-order chi connectivity index (χ0) is 71.7. The van der Waals surface area contributed by atoms with Crippen molar-refractivity contribution in [3.8, 4) is 0 Å². The fourth-order valence-corrected chi connectivity index (χ4v) is 11.9. The van der Waals surface area contributed by atoms with E-state index in [1.54, 1.807) is 5.56 Å². The van der Waals surface area contributed by atoms with Crippen LogP contribution in [0.4, 0.5) is 0 Å². The molecule has 0 unspecified atom stereocenters. The molecule has 0 N–H and O–H groups in total. The quantitative estimate of drug-likeness (QED) is 0.166. The van der Waals surface area contributed by atoms with Crippen molar-refractivity contribution in [3.63, 3.8) is 0 Å². The molecule has 0 saturated carbocycles. The minimum absolute atomic E-state index is 0.311. The maximum absolute atomic E-state index is 4.72. The molecular weight excluding hydrogens is 1100 g/mol. The van der Waals surface area contributed by atoms with Gasteiger partial charge in [0.05, 0.1) is 0 Å². The van der Waals surface area contributed by atoms with Crippen molar-refractivity contribution in [2.75, 3.05) is 0 Å². The van der Waals surface area contributed by atoms with Crippen molar-refractivity contribution in [2.45, 2.75) is 336 Å². The monoisotopic (exact) mass is 1240 g/mol. The van der Waals surface area contributed by atoms with Crippen molar-refractivity contribution in [2.24, 2.45) is 32.5 Å². The zero-order valence-electron chi connectivity index (χ0n) is 68.0. The Morgan fingerprint density at radius 3 is 0.571 bits per heavy atom. The Balaban J connectivity index is 0.000000546. The van der Waals surface area contributed by atoms with Gasteiger partial charge in [0.1, 0.15) is 0 Å². The molecule has 0 bridgehead atoms. The molecular formula is C86H141N5. The second-order valence-electron chi connectivity index (χ2n) is 35.1. The number of pyridine rings is 5. The number of aromatic nitrogens is 5. The number of hydrogen-bond donors (Lipinski definition) is 0. The predicted octanol–water partition coefficient (Wildman–Crippen LogP) is 24.3. The van der Waals surface area contributed by atoms with E-state index in [1.165, 1.54) is 175 Å². The lowest BCUT2D eigenvalue weighted by Gasteiger charge is -2.25. The molecule has 5 heterocycles. The standard InChI is InChI=1S/C16H26.5C14H23N/c1-10-11(2)13(4)15(9-16(6,7)8)14(5)12(10)3;1-9-11(3)15-12(4)10(2)13(9)8-14(5,6)7;2*1-9-10(2)13(8-14(5,6)7)12(4)15-11(9)3;2*1-9-10(2)12(4)15-13(11(9)3)8-14(5,6)7/h9H2,1-8H3;5*8H2,1-7H3. The van der Waals surface area contributed by atoms with Gasteiger partial charge in [0.2, 0.25) is 0 Å². The third-order valence-electron chi connectivity index (χ3n) is 19.2. The van der Waals surface area contributed by atoms with Crippen molar-refractivity contribution >= 4 is 0 Å². The minimum atomic E-state index is 0.311. The molecule has 5 aromatic heterocycles. The molecule has 5 nitrogen and oxygen atoms in total. The lowest BCUT2D eigenvalue weighted by molar-refractivity contribution is 0.404. The number of nitrogens with zero attached hydrogens (tertiary/aromatic N) is 5. The van der Waals surface area contributed by atoms with Crippen molar-refractivity contribution < 1.29 is 0 Å². The average molecular weight is 1250 g/mol. The normalized spacial score (nSPS) is 11.9. The Labute approximate surface area is 564 Å². The van der Waals surface area contributed by atoms with Crippen LogP contribution in [0.25, 0.3) is 0 Å². The van der Waals surface area contributed by atoms with Gasteiger partial charge < -0.3 is 0 Å². The first-order valence-electron chi connectivity index (χ1n) is 34.5. The van der Waals surface area contributed by atoms with Crippen molar-refractivity contribution in [3.05, 3.63) is 174 Å². The van der Waals surface area contributed by atoms with E-state index in [4.69, 9.17) is 9.97 Å². The van der Waals surface area contributed by atoms with Crippen LogP contribution in [-0.2, 0) is 38.5 Å². The molecule has 0 fully saturated rings. The summed E-state index contributed by atoms with van der Waals surface area (Å²) in [6.45, 7) is 95.5. The molecule has 5 heteroatoms. The van der Waals surface area contributed by atoms with Gasteiger partial charge >= 0.3 is 0 Å². The molecule has 6 aromatic rings. The van der Waals surface area contributed by atoms with Gasteiger partial charge in [0.25, 0.3) is 0 Å². The molecule has 91 heavy (non-hydrogen) atoms. The number of rotatable bonds is 6. The van der Waals surface area contributed by atoms with E-state index in [0.717, 1.165) is 32.1 Å². The van der Waals surface area contributed by atoms with Crippen LogP contribution < -0.4 is 0 Å². The van der Waals surface area contributed by atoms with Gasteiger partial charge in [-0.2, -0.15) is 0 Å². The van der Waals surface area contributed by atoms with Gasteiger partial charge in [-0.25, -0.2) is 0 Å². The molecule has 0 aliphatic heterocycles. The highest BCUT2D eigenvalue weighted by molar-refractivity contribution is 5.50. The van der Waals surface area contributed by atoms with Gasteiger partial charge in [0.15, 0.2) is 0 Å². The zero-order valence-corrected chi connectivity index (χ0v) is 68.0. The predicted molar refractivity (Wildman–Crippen MR) is 405 cm³/mol. The molecule has 0 spiro atoms. The fraction of sp³-hybridized carbons (Fsp3) is 0.640. The first-order valence-corrected chi connectivity index (χ1v) is 34.5. The number of hydrogen-bond acceptors (Lipinski definition) is 5. The topological polar surface area (TPSA) is 64.5 Å². The SMILES string of the molecule is Cc1c(C)c(C)c(CC(C)(C)C)c(C)c1C.Cc1nc(C)c(C)c(CC(C)(C)C)c1C.Cc1nc(C)c(CC(C)(C)C)c(C)c1C.Cc1nc(C)c(CC(C)(C)C)c(C)c1C.Cc1nc(CC(C)(C)C)c(C)c(C)c1C.Cc1nc(CC(C)(C)C)c(C)c(C)c1C. The Kier molecular flexibility index (Phi) is 30.4. The highest BCUT2D eigenvalue weighted by atomic mass is 14.7. The average Bonchev–Trinajstić information content (AvgIpc) is 0.885. The second-order valence-corrected chi connectivity index (χ2v) is 35.1. The Bertz CT molecular complexity index is 3230. The summed E-state index contributed by atoms with van der Waals surface area (Å²) in [7, 11) is 0. The largest absolute Gasteiger partial charge is 0.258 e. The summed E-state index contributed by atoms with van der Waals surface area (Å²) in [4.78, 5) is 23.2. The summed E-state index contributed by atoms with van der Waals surface area (Å²) in [5, 5.41) is 0. The summed E-state index contributed by atoms with van der Waals surface area (Å²) in [5.74, 6) is 0. The van der Waals surface area contributed by atoms with Crippen LogP contribution in [0.15, 0.2) is 0 Å². The van der Waals surface area contributed by atoms with Crippen LogP contribution >= 0.6 is 0 Å². The van der Waals surface area contributed by atoms with E-state index in [1.807, 2.05) is 0 Å². The van der Waals surface area contributed by atoms with Gasteiger partial charge in [-0.3, -0.25) is 24.9 Å². The first kappa shape index (κ1) is 84.0. The van der Waals surface area contributed by atoms with Gasteiger partial charge in [0, 0.05) is 56.9 Å². The second kappa shape index (κ2) is 32.9. The van der Waals surface area contributed by atoms with Crippen molar-refractivity contribution in [1.82, 2.24) is 24.9 Å². The Morgan fingerprint density at radius 2 is 0.319 bits per heavy atom. The molecule has 0 radical (unpaired) electrons. The van der Waals surface area contributed by atoms with E-state index >= 15 is 0 Å². The fourth-order valence-electron chi connectivity index (χ4n) is 11.9. The number of aryl methyl sites for hydroxylation is 8. The van der Waals surface area contributed by atoms with E-state index in [-0.39, 0.29) is 0 Å². The van der Waals surface area contributed by atoms with Crippen LogP contribution in [0.5, 0.6) is 0 Å². The van der Waals surface area contributed by atoms with Crippen LogP contribution in [0.1, 0.15) is 298 Å². The molecule has 1 aromatic carbocycles. The van der Waals surface area contributed by atoms with Gasteiger partial charge in [-0.15, -0.1) is 0 Å². The van der Waals surface area contributed by atoms with Crippen LogP contribution in [0, 0.1) is 206 Å². The van der Waals surface area contributed by atoms with E-state index in [0.29, 0.717) is 32.5 Å². The van der Waals surface area contributed by atoms with Crippen molar-refractivity contribution in [1.29, 1.82) is 0 Å². The van der Waals surface area contributed by atoms with E-state index in [2.05, 4.69) is 313 Å². The molecule has 0 atom stereocenters. The third kappa shape index (κ3) is 26.4. The van der Waals surface area contributed by atoms with Gasteiger partial charge in [-0.1, -0.05) is 125 Å². The van der Waals surface area contributed by atoms with Gasteiger partial charge in [-0.05, 0) is 361 Å². The lowest BCUT2D eigenvalue weighted by Crippen LogP contribution is -2.13. The maximum Gasteiger partial charge on any atom is 0.0444 e. The molecule has 0 aliphatic rings. The van der Waals surface area contributed by atoms with Crippen LogP contribution in [-0.4, -0.2) is 24.9 Å². The van der Waals surface area contributed by atoms with Crippen LogP contribution in [0.3, 0.4) is 0 Å². The first-order chi connectivity index (χ1) is 40.8. The highest BCUT2D eigenvalue weighted by Crippen LogP contribution is 2.34.